The fraction of sp³-hybridized carbons (Fsp3) is 0.192. The van der Waals surface area contributed by atoms with Gasteiger partial charge in [-0.25, -0.2) is 4.79 Å². The Balaban J connectivity index is 0.00000432. The second-order valence-electron chi connectivity index (χ2n) is 7.71. The zero-order valence-corrected chi connectivity index (χ0v) is 21.6. The Labute approximate surface area is 225 Å². The molecule has 3 aromatic rings. The molecule has 0 unspecified atom stereocenters. The Morgan fingerprint density at radius 2 is 1.37 bits per heavy atom. The summed E-state index contributed by atoms with van der Waals surface area (Å²) in [5.41, 5.74) is 1.78. The number of amides is 2. The molecule has 177 valence electrons. The predicted octanol–water partition coefficient (Wildman–Crippen LogP) is 2.17. The van der Waals surface area contributed by atoms with Crippen LogP contribution in [0.1, 0.15) is 21.5 Å². The van der Waals surface area contributed by atoms with E-state index < -0.39 is 29.9 Å². The molecule has 3 rings (SSSR count). The van der Waals surface area contributed by atoms with Crippen LogP contribution in [0.15, 0.2) is 78.9 Å². The van der Waals surface area contributed by atoms with Crippen molar-refractivity contribution in [1.29, 1.82) is 0 Å². The SMILES string of the molecule is COc1ccc(C(=O)N[C@@H](Cc2ccccc2)C(=O)N[C@@H](Cc2ccc(O)cc2)C(=O)O)cc1.[Na]. The summed E-state index contributed by atoms with van der Waals surface area (Å²) in [6.07, 6.45) is 0.200. The molecule has 0 saturated carbocycles. The molecule has 8 nitrogen and oxygen atoms in total. The Morgan fingerprint density at radius 3 is 1.94 bits per heavy atom. The summed E-state index contributed by atoms with van der Waals surface area (Å²) in [6, 6.07) is 19.4. The van der Waals surface area contributed by atoms with Crippen LogP contribution in [-0.4, -0.2) is 76.7 Å². The average molecular weight is 485 g/mol. The van der Waals surface area contributed by atoms with Gasteiger partial charge in [0.1, 0.15) is 23.6 Å². The van der Waals surface area contributed by atoms with Crippen LogP contribution in [-0.2, 0) is 22.4 Å². The van der Waals surface area contributed by atoms with Crippen LogP contribution in [0.25, 0.3) is 0 Å². The van der Waals surface area contributed by atoms with Crippen molar-refractivity contribution < 1.29 is 29.3 Å². The molecule has 0 bridgehead atoms. The maximum Gasteiger partial charge on any atom is 0.326 e. The number of carboxylic acids is 1. The predicted molar refractivity (Wildman–Crippen MR) is 132 cm³/mol. The fourth-order valence-corrected chi connectivity index (χ4v) is 3.38. The smallest absolute Gasteiger partial charge is 0.326 e. The van der Waals surface area contributed by atoms with E-state index in [2.05, 4.69) is 10.6 Å². The van der Waals surface area contributed by atoms with Crippen LogP contribution in [0, 0.1) is 0 Å². The summed E-state index contributed by atoms with van der Waals surface area (Å²) in [7, 11) is 1.52. The summed E-state index contributed by atoms with van der Waals surface area (Å²) < 4.78 is 5.10. The molecule has 2 atom stereocenters. The van der Waals surface area contributed by atoms with Crippen molar-refractivity contribution in [3.05, 3.63) is 95.6 Å². The van der Waals surface area contributed by atoms with Crippen LogP contribution >= 0.6 is 0 Å². The van der Waals surface area contributed by atoms with E-state index >= 15 is 0 Å². The van der Waals surface area contributed by atoms with Gasteiger partial charge in [0, 0.05) is 48.0 Å². The third-order valence-corrected chi connectivity index (χ3v) is 5.25. The molecule has 2 amide bonds. The zero-order valence-electron chi connectivity index (χ0n) is 19.6. The van der Waals surface area contributed by atoms with Gasteiger partial charge >= 0.3 is 5.97 Å². The molecule has 3 aromatic carbocycles. The third kappa shape index (κ3) is 8.43. The largest absolute Gasteiger partial charge is 0.508 e. The van der Waals surface area contributed by atoms with Gasteiger partial charge in [0.2, 0.25) is 5.91 Å². The van der Waals surface area contributed by atoms with Gasteiger partial charge in [-0.3, -0.25) is 9.59 Å². The molecule has 0 fully saturated rings. The number of aliphatic carboxylic acids is 1. The van der Waals surface area contributed by atoms with E-state index in [1.54, 1.807) is 36.4 Å². The Hall–Kier alpha value is -3.33. The van der Waals surface area contributed by atoms with Gasteiger partial charge in [0.05, 0.1) is 7.11 Å². The van der Waals surface area contributed by atoms with E-state index in [-0.39, 0.29) is 48.1 Å². The number of carbonyl (C=O) groups excluding carboxylic acids is 2. The normalized spacial score (nSPS) is 11.9. The molecular formula is C26H26N2NaO6. The van der Waals surface area contributed by atoms with Crippen molar-refractivity contribution in [2.75, 3.05) is 7.11 Å². The maximum absolute atomic E-state index is 13.1. The van der Waals surface area contributed by atoms with Crippen LogP contribution in [0.2, 0.25) is 0 Å². The monoisotopic (exact) mass is 485 g/mol. The van der Waals surface area contributed by atoms with Crippen molar-refractivity contribution >= 4 is 47.3 Å². The summed E-state index contributed by atoms with van der Waals surface area (Å²) >= 11 is 0. The topological polar surface area (TPSA) is 125 Å². The number of rotatable bonds is 10. The van der Waals surface area contributed by atoms with E-state index in [9.17, 15) is 24.6 Å². The number of methoxy groups -OCH3 is 1. The van der Waals surface area contributed by atoms with Gasteiger partial charge in [0.15, 0.2) is 0 Å². The zero-order chi connectivity index (χ0) is 24.5. The molecular weight excluding hydrogens is 459 g/mol. The number of hydrogen-bond acceptors (Lipinski definition) is 5. The number of carboxylic acid groups (broad SMARTS) is 1. The second-order valence-corrected chi connectivity index (χ2v) is 7.71. The Kier molecular flexibility index (Phi) is 10.8. The van der Waals surface area contributed by atoms with Gasteiger partial charge in [-0.2, -0.15) is 0 Å². The first-order chi connectivity index (χ1) is 16.4. The number of aromatic hydroxyl groups is 1. The van der Waals surface area contributed by atoms with Gasteiger partial charge in [-0.15, -0.1) is 0 Å². The molecule has 4 N–H and O–H groups in total. The van der Waals surface area contributed by atoms with Crippen molar-refractivity contribution in [2.24, 2.45) is 0 Å². The van der Waals surface area contributed by atoms with Crippen LogP contribution in [0.3, 0.4) is 0 Å². The molecule has 0 heterocycles. The fourth-order valence-electron chi connectivity index (χ4n) is 3.38. The van der Waals surface area contributed by atoms with Gasteiger partial charge < -0.3 is 25.6 Å². The van der Waals surface area contributed by atoms with E-state index in [1.807, 2.05) is 30.3 Å². The maximum atomic E-state index is 13.1. The number of carbonyl (C=O) groups is 3. The number of benzene rings is 3. The third-order valence-electron chi connectivity index (χ3n) is 5.25. The standard InChI is InChI=1S/C26H26N2O6.Na/c1-34-21-13-9-19(10-14-21)24(30)27-22(15-17-5-3-2-4-6-17)25(31)28-23(26(32)33)16-18-7-11-20(29)12-8-18;/h2-14,22-23,29H,15-16H2,1H3,(H,27,30)(H,28,31)(H,32,33);/t22-,23-;/m0./s1. The first kappa shape index (κ1) is 27.9. The second kappa shape index (κ2) is 13.5. The molecule has 35 heavy (non-hydrogen) atoms. The van der Waals surface area contributed by atoms with E-state index in [0.717, 1.165) is 5.56 Å². The first-order valence-corrected chi connectivity index (χ1v) is 10.7. The number of hydrogen-bond donors (Lipinski definition) is 4. The molecule has 0 aliphatic heterocycles. The number of ether oxygens (including phenoxy) is 1. The molecule has 0 saturated heterocycles. The van der Waals surface area contributed by atoms with Crippen molar-refractivity contribution in [3.8, 4) is 11.5 Å². The minimum atomic E-state index is -1.21. The van der Waals surface area contributed by atoms with Gasteiger partial charge in [-0.1, -0.05) is 42.5 Å². The van der Waals surface area contributed by atoms with E-state index in [4.69, 9.17) is 4.74 Å². The molecule has 1 radical (unpaired) electrons. The Morgan fingerprint density at radius 1 is 0.800 bits per heavy atom. The van der Waals surface area contributed by atoms with Crippen LogP contribution in [0.5, 0.6) is 11.5 Å². The number of phenolic OH excluding ortho intramolecular Hbond substituents is 1. The summed E-state index contributed by atoms with van der Waals surface area (Å²) in [6.45, 7) is 0. The average Bonchev–Trinajstić information content (AvgIpc) is 2.85. The first-order valence-electron chi connectivity index (χ1n) is 10.7. The molecule has 0 spiro atoms. The number of nitrogens with one attached hydrogen (secondary N) is 2. The van der Waals surface area contributed by atoms with Crippen molar-refractivity contribution in [3.63, 3.8) is 0 Å². The molecule has 0 aliphatic carbocycles. The summed E-state index contributed by atoms with van der Waals surface area (Å²) in [4.78, 5) is 37.8. The van der Waals surface area contributed by atoms with Gasteiger partial charge in [-0.05, 0) is 47.5 Å². The minimum absolute atomic E-state index is 0. The van der Waals surface area contributed by atoms with E-state index in [1.165, 1.54) is 19.2 Å². The van der Waals surface area contributed by atoms with E-state index in [0.29, 0.717) is 16.9 Å². The summed E-state index contributed by atoms with van der Waals surface area (Å²) in [5, 5.41) is 24.3. The quantitative estimate of drug-likeness (QED) is 0.326. The molecule has 0 aromatic heterocycles. The minimum Gasteiger partial charge on any atom is -0.508 e. The Bertz CT molecular complexity index is 1120. The summed E-state index contributed by atoms with van der Waals surface area (Å²) in [5.74, 6) is -1.64. The van der Waals surface area contributed by atoms with Crippen LogP contribution < -0.4 is 15.4 Å². The molecule has 0 aliphatic rings. The van der Waals surface area contributed by atoms with Crippen molar-refractivity contribution in [1.82, 2.24) is 10.6 Å². The molecule has 9 heteroatoms. The van der Waals surface area contributed by atoms with Crippen molar-refractivity contribution in [2.45, 2.75) is 24.9 Å². The number of phenols is 1. The van der Waals surface area contributed by atoms with Gasteiger partial charge in [0.25, 0.3) is 5.91 Å². The van der Waals surface area contributed by atoms with Crippen LogP contribution in [0.4, 0.5) is 0 Å².